The first-order chi connectivity index (χ1) is 11.5. The first kappa shape index (κ1) is 15.6. The molecule has 0 amide bonds. The fourth-order valence-electron chi connectivity index (χ4n) is 2.41. The van der Waals surface area contributed by atoms with Crippen LogP contribution in [-0.4, -0.2) is 39.0 Å². The number of ether oxygens (including phenoxy) is 2. The van der Waals surface area contributed by atoms with Crippen molar-refractivity contribution in [1.82, 2.24) is 20.0 Å². The molecule has 2 heterocycles. The highest BCUT2D eigenvalue weighted by atomic mass is 16.5. The second-order valence-electron chi connectivity index (χ2n) is 5.01. The number of rotatable bonds is 3. The van der Waals surface area contributed by atoms with Crippen LogP contribution in [0.1, 0.15) is 23.1 Å². The number of pyridine rings is 1. The third-order valence-corrected chi connectivity index (χ3v) is 3.49. The van der Waals surface area contributed by atoms with E-state index in [2.05, 4.69) is 15.3 Å². The third-order valence-electron chi connectivity index (χ3n) is 3.49. The summed E-state index contributed by atoms with van der Waals surface area (Å²) in [6.45, 7) is 3.04. The van der Waals surface area contributed by atoms with Gasteiger partial charge in [-0.15, -0.1) is 5.10 Å². The van der Waals surface area contributed by atoms with E-state index >= 15 is 0 Å². The van der Waals surface area contributed by atoms with Gasteiger partial charge in [-0.2, -0.15) is 0 Å². The number of fused-ring (bicyclic) bond motifs is 1. The zero-order valence-electron chi connectivity index (χ0n) is 13.3. The molecule has 24 heavy (non-hydrogen) atoms. The van der Waals surface area contributed by atoms with Gasteiger partial charge in [0, 0.05) is 23.9 Å². The standard InChI is InChI=1S/C16H14N4O4/c1-9-14(16(22)23-3)18-19-20(9)13-6-4-5-12-11(13)7-8-17-15(12)24-10(2)21/h4-8H,1-3H3. The third kappa shape index (κ3) is 2.58. The molecule has 0 aliphatic carbocycles. The van der Waals surface area contributed by atoms with Crippen LogP contribution < -0.4 is 4.74 Å². The van der Waals surface area contributed by atoms with E-state index in [0.717, 1.165) is 5.39 Å². The molecule has 0 radical (unpaired) electrons. The maximum absolute atomic E-state index is 11.7. The molecule has 0 spiro atoms. The van der Waals surface area contributed by atoms with Gasteiger partial charge in [-0.25, -0.2) is 14.5 Å². The van der Waals surface area contributed by atoms with Crippen LogP contribution in [-0.2, 0) is 9.53 Å². The molecule has 2 aromatic heterocycles. The van der Waals surface area contributed by atoms with Gasteiger partial charge in [0.2, 0.25) is 5.88 Å². The molecule has 0 N–H and O–H groups in total. The SMILES string of the molecule is COC(=O)c1nnn(-c2cccc3c(OC(C)=O)nccc23)c1C. The number of hydrogen-bond acceptors (Lipinski definition) is 7. The van der Waals surface area contributed by atoms with E-state index in [-0.39, 0.29) is 11.6 Å². The van der Waals surface area contributed by atoms with Gasteiger partial charge in [0.1, 0.15) is 0 Å². The summed E-state index contributed by atoms with van der Waals surface area (Å²) in [5.41, 5.74) is 1.37. The van der Waals surface area contributed by atoms with Crippen molar-refractivity contribution in [3.05, 3.63) is 41.9 Å². The van der Waals surface area contributed by atoms with E-state index in [9.17, 15) is 9.59 Å². The molecule has 0 atom stereocenters. The smallest absolute Gasteiger partial charge is 0.360 e. The molecular formula is C16H14N4O4. The molecule has 122 valence electrons. The van der Waals surface area contributed by atoms with Crippen LogP contribution in [0.3, 0.4) is 0 Å². The highest BCUT2D eigenvalue weighted by Gasteiger charge is 2.19. The Kier molecular flexibility index (Phi) is 3.95. The number of benzene rings is 1. The van der Waals surface area contributed by atoms with Crippen molar-refractivity contribution in [3.8, 4) is 11.6 Å². The van der Waals surface area contributed by atoms with E-state index in [4.69, 9.17) is 9.47 Å². The van der Waals surface area contributed by atoms with Gasteiger partial charge in [-0.3, -0.25) is 4.79 Å². The molecule has 3 rings (SSSR count). The van der Waals surface area contributed by atoms with E-state index < -0.39 is 11.9 Å². The highest BCUT2D eigenvalue weighted by molar-refractivity contribution is 5.95. The summed E-state index contributed by atoms with van der Waals surface area (Å²) < 4.78 is 11.4. The summed E-state index contributed by atoms with van der Waals surface area (Å²) in [5.74, 6) is -0.792. The van der Waals surface area contributed by atoms with Crippen molar-refractivity contribution in [2.24, 2.45) is 0 Å². The van der Waals surface area contributed by atoms with Crippen LogP contribution in [0.5, 0.6) is 5.88 Å². The van der Waals surface area contributed by atoms with Crippen LogP contribution in [0.25, 0.3) is 16.5 Å². The summed E-state index contributed by atoms with van der Waals surface area (Å²) in [6, 6.07) is 7.17. The lowest BCUT2D eigenvalue weighted by molar-refractivity contribution is -0.132. The number of hydrogen-bond donors (Lipinski definition) is 0. The second kappa shape index (κ2) is 6.07. The second-order valence-corrected chi connectivity index (χ2v) is 5.01. The number of nitrogens with zero attached hydrogens (tertiary/aromatic N) is 4. The number of carbonyl (C=O) groups excluding carboxylic acids is 2. The first-order valence-corrected chi connectivity index (χ1v) is 7.10. The fraction of sp³-hybridized carbons (Fsp3) is 0.188. The number of methoxy groups -OCH3 is 1. The number of aromatic nitrogens is 4. The van der Waals surface area contributed by atoms with Crippen molar-refractivity contribution in [2.75, 3.05) is 7.11 Å². The molecule has 0 saturated heterocycles. The Morgan fingerprint density at radius 2 is 1.96 bits per heavy atom. The summed E-state index contributed by atoms with van der Waals surface area (Å²) in [5, 5.41) is 9.32. The minimum atomic E-state index is -0.554. The van der Waals surface area contributed by atoms with E-state index in [1.165, 1.54) is 24.9 Å². The summed E-state index contributed by atoms with van der Waals surface area (Å²) in [6.07, 6.45) is 1.54. The Morgan fingerprint density at radius 3 is 2.67 bits per heavy atom. The molecule has 0 aliphatic rings. The number of carbonyl (C=O) groups is 2. The van der Waals surface area contributed by atoms with E-state index in [1.54, 1.807) is 25.1 Å². The molecule has 8 heteroatoms. The normalized spacial score (nSPS) is 10.6. The topological polar surface area (TPSA) is 96.2 Å². The van der Waals surface area contributed by atoms with Gasteiger partial charge in [-0.05, 0) is 25.1 Å². The molecule has 0 bridgehead atoms. The summed E-state index contributed by atoms with van der Waals surface area (Å²) >= 11 is 0. The van der Waals surface area contributed by atoms with Gasteiger partial charge in [-0.1, -0.05) is 11.3 Å². The van der Waals surface area contributed by atoms with Gasteiger partial charge >= 0.3 is 11.9 Å². The lowest BCUT2D eigenvalue weighted by atomic mass is 10.1. The minimum Gasteiger partial charge on any atom is -0.464 e. The molecular weight excluding hydrogens is 312 g/mol. The molecule has 1 aromatic carbocycles. The van der Waals surface area contributed by atoms with Crippen molar-refractivity contribution < 1.29 is 19.1 Å². The van der Waals surface area contributed by atoms with Gasteiger partial charge in [0.25, 0.3) is 0 Å². The van der Waals surface area contributed by atoms with E-state index in [0.29, 0.717) is 16.8 Å². The quantitative estimate of drug-likeness (QED) is 0.677. The summed E-state index contributed by atoms with van der Waals surface area (Å²) in [7, 11) is 1.29. The van der Waals surface area contributed by atoms with Crippen molar-refractivity contribution in [3.63, 3.8) is 0 Å². The Hall–Kier alpha value is -3.29. The average molecular weight is 326 g/mol. The van der Waals surface area contributed by atoms with Crippen LogP contribution in [0.15, 0.2) is 30.5 Å². The predicted octanol–water partition coefficient (Wildman–Crippen LogP) is 1.84. The minimum absolute atomic E-state index is 0.142. The van der Waals surface area contributed by atoms with Crippen molar-refractivity contribution in [1.29, 1.82) is 0 Å². The predicted molar refractivity (Wildman–Crippen MR) is 84.0 cm³/mol. The van der Waals surface area contributed by atoms with Crippen LogP contribution in [0, 0.1) is 6.92 Å². The first-order valence-electron chi connectivity index (χ1n) is 7.10. The fourth-order valence-corrected chi connectivity index (χ4v) is 2.41. The van der Waals surface area contributed by atoms with Crippen molar-refractivity contribution in [2.45, 2.75) is 13.8 Å². The van der Waals surface area contributed by atoms with Crippen LogP contribution in [0.4, 0.5) is 0 Å². The largest absolute Gasteiger partial charge is 0.464 e. The molecule has 0 aliphatic heterocycles. The van der Waals surface area contributed by atoms with Gasteiger partial charge < -0.3 is 9.47 Å². The van der Waals surface area contributed by atoms with Crippen LogP contribution >= 0.6 is 0 Å². The monoisotopic (exact) mass is 326 g/mol. The van der Waals surface area contributed by atoms with Crippen LogP contribution in [0.2, 0.25) is 0 Å². The Morgan fingerprint density at radius 1 is 1.17 bits per heavy atom. The Labute approximate surface area is 137 Å². The number of esters is 2. The molecule has 0 fully saturated rings. The molecule has 0 unspecified atom stereocenters. The Balaban J connectivity index is 2.19. The Bertz CT molecular complexity index is 948. The molecule has 0 saturated carbocycles. The lowest BCUT2D eigenvalue weighted by Crippen LogP contribution is -2.06. The summed E-state index contributed by atoms with van der Waals surface area (Å²) in [4.78, 5) is 27.0. The molecule has 3 aromatic rings. The lowest BCUT2D eigenvalue weighted by Gasteiger charge is -2.10. The maximum atomic E-state index is 11.7. The highest BCUT2D eigenvalue weighted by Crippen LogP contribution is 2.28. The van der Waals surface area contributed by atoms with Gasteiger partial charge in [0.05, 0.1) is 18.5 Å². The molecule has 8 nitrogen and oxygen atoms in total. The average Bonchev–Trinajstić information content (AvgIpc) is 2.95. The zero-order valence-corrected chi connectivity index (χ0v) is 13.3. The van der Waals surface area contributed by atoms with E-state index in [1.807, 2.05) is 6.07 Å². The maximum Gasteiger partial charge on any atom is 0.360 e. The zero-order chi connectivity index (χ0) is 17.3. The van der Waals surface area contributed by atoms with Crippen molar-refractivity contribution >= 4 is 22.7 Å². The van der Waals surface area contributed by atoms with Gasteiger partial charge in [0.15, 0.2) is 5.69 Å².